The molecule has 1 aliphatic rings. The van der Waals surface area contributed by atoms with Crippen molar-refractivity contribution in [1.29, 1.82) is 0 Å². The first-order chi connectivity index (χ1) is 12.5. The Bertz CT molecular complexity index is 795. The Morgan fingerprint density at radius 2 is 1.46 bits per heavy atom. The van der Waals surface area contributed by atoms with Crippen LogP contribution in [-0.4, -0.2) is 5.11 Å². The monoisotopic (exact) mass is 348 g/mol. The van der Waals surface area contributed by atoms with Crippen LogP contribution in [0.3, 0.4) is 0 Å². The van der Waals surface area contributed by atoms with Crippen LogP contribution in [0, 0.1) is 13.8 Å². The topological polar surface area (TPSA) is 67.5 Å². The molecule has 0 fully saturated rings. The molecular weight excluding hydrogens is 324 g/mol. The highest BCUT2D eigenvalue weighted by Crippen LogP contribution is 2.20. The molecule has 1 heterocycles. The van der Waals surface area contributed by atoms with Crippen LogP contribution >= 0.6 is 0 Å². The normalized spacial score (nSPS) is 10.7. The van der Waals surface area contributed by atoms with E-state index < -0.39 is 0 Å². The summed E-state index contributed by atoms with van der Waals surface area (Å²) in [5.74, 6) is 1.20. The fourth-order valence-electron chi connectivity index (χ4n) is 2.37. The van der Waals surface area contributed by atoms with Gasteiger partial charge >= 0.3 is 0 Å². The van der Waals surface area contributed by atoms with E-state index in [4.69, 9.17) is 15.7 Å². The van der Waals surface area contributed by atoms with Gasteiger partial charge in [-0.15, -0.1) is 0 Å². The number of hydroxylamine groups is 1. The highest BCUT2D eigenvalue weighted by Gasteiger charge is 2.01. The van der Waals surface area contributed by atoms with E-state index in [0.717, 1.165) is 17.0 Å². The average Bonchev–Trinajstić information content (AvgIpc) is 2.62. The molecule has 0 saturated carbocycles. The molecule has 0 unspecified atom stereocenters. The Morgan fingerprint density at radius 3 is 2.00 bits per heavy atom. The first-order valence-electron chi connectivity index (χ1n) is 8.30. The number of nitrogens with two attached hydrogens (primary N) is 1. The fourth-order valence-corrected chi connectivity index (χ4v) is 2.37. The van der Waals surface area contributed by atoms with Crippen LogP contribution in [0.2, 0.25) is 0 Å². The number of para-hydroxylation sites is 2. The Kier molecular flexibility index (Phi) is 7.13. The van der Waals surface area contributed by atoms with Crippen molar-refractivity contribution in [2.24, 2.45) is 0 Å². The standard InChI is InChI=1S/C8H7NO.C8H11N.C6H6O/c1-2-4-8-7(3-1)5-6-9-10-8;1-6-3-7(2)5-8(9)4-6;7-6-4-2-1-3-5-6/h1-6,9H;3-5H,9H2,1-2H3;1-5,7H. The molecule has 4 N–H and O–H groups in total. The quantitative estimate of drug-likeness (QED) is 0.509. The molecule has 0 atom stereocenters. The van der Waals surface area contributed by atoms with Gasteiger partial charge in [0.1, 0.15) is 5.75 Å². The lowest BCUT2D eigenvalue weighted by Gasteiger charge is -2.11. The second-order valence-electron chi connectivity index (χ2n) is 5.85. The van der Waals surface area contributed by atoms with E-state index in [9.17, 15) is 0 Å². The van der Waals surface area contributed by atoms with E-state index >= 15 is 0 Å². The van der Waals surface area contributed by atoms with Crippen LogP contribution in [0.4, 0.5) is 5.69 Å². The molecule has 0 aromatic heterocycles. The van der Waals surface area contributed by atoms with Crippen molar-refractivity contribution in [3.8, 4) is 11.5 Å². The molecule has 3 aromatic rings. The van der Waals surface area contributed by atoms with E-state index in [1.807, 2.05) is 62.4 Å². The molecule has 0 spiro atoms. The summed E-state index contributed by atoms with van der Waals surface area (Å²) >= 11 is 0. The number of anilines is 1. The highest BCUT2D eigenvalue weighted by molar-refractivity contribution is 5.58. The number of aromatic hydroxyl groups is 1. The number of fused-ring (bicyclic) bond motifs is 1. The predicted octanol–water partition coefficient (Wildman–Crippen LogP) is 4.83. The molecule has 0 radical (unpaired) electrons. The van der Waals surface area contributed by atoms with Crippen LogP contribution < -0.4 is 16.1 Å². The number of nitrogens with one attached hydrogen (secondary N) is 1. The Balaban J connectivity index is 0.000000143. The molecule has 4 rings (SSSR count). The number of hydrogen-bond donors (Lipinski definition) is 3. The van der Waals surface area contributed by atoms with Gasteiger partial charge in [0.2, 0.25) is 0 Å². The molecule has 134 valence electrons. The van der Waals surface area contributed by atoms with E-state index in [1.165, 1.54) is 11.1 Å². The van der Waals surface area contributed by atoms with Crippen molar-refractivity contribution in [2.45, 2.75) is 13.8 Å². The van der Waals surface area contributed by atoms with Gasteiger partial charge in [-0.25, -0.2) is 5.48 Å². The zero-order valence-electron chi connectivity index (χ0n) is 15.0. The molecule has 0 aliphatic carbocycles. The van der Waals surface area contributed by atoms with Gasteiger partial charge in [-0.2, -0.15) is 0 Å². The van der Waals surface area contributed by atoms with Crippen LogP contribution in [0.5, 0.6) is 11.5 Å². The van der Waals surface area contributed by atoms with Gasteiger partial charge in [0.05, 0.1) is 0 Å². The Morgan fingerprint density at radius 1 is 0.846 bits per heavy atom. The molecule has 1 aliphatic heterocycles. The zero-order valence-corrected chi connectivity index (χ0v) is 15.0. The van der Waals surface area contributed by atoms with Gasteiger partial charge in [0, 0.05) is 17.5 Å². The minimum absolute atomic E-state index is 0.322. The van der Waals surface area contributed by atoms with Gasteiger partial charge in [-0.05, 0) is 61.4 Å². The van der Waals surface area contributed by atoms with Crippen molar-refractivity contribution in [1.82, 2.24) is 5.48 Å². The summed E-state index contributed by atoms with van der Waals surface area (Å²) in [6.07, 6.45) is 3.74. The summed E-state index contributed by atoms with van der Waals surface area (Å²) in [4.78, 5) is 5.09. The molecule has 0 bridgehead atoms. The molecular formula is C22H24N2O2. The van der Waals surface area contributed by atoms with Crippen molar-refractivity contribution in [3.63, 3.8) is 0 Å². The molecule has 4 nitrogen and oxygen atoms in total. The van der Waals surface area contributed by atoms with E-state index in [-0.39, 0.29) is 0 Å². The summed E-state index contributed by atoms with van der Waals surface area (Å²) in [5.41, 5.74) is 12.6. The summed E-state index contributed by atoms with van der Waals surface area (Å²) in [7, 11) is 0. The largest absolute Gasteiger partial charge is 0.508 e. The third kappa shape index (κ3) is 6.61. The Hall–Kier alpha value is -3.40. The summed E-state index contributed by atoms with van der Waals surface area (Å²) in [5, 5.41) is 8.63. The SMILES string of the molecule is C1=Cc2ccccc2ON1.Cc1cc(C)cc(N)c1.Oc1ccccc1. The minimum atomic E-state index is 0.322. The minimum Gasteiger partial charge on any atom is -0.508 e. The second-order valence-corrected chi connectivity index (χ2v) is 5.85. The van der Waals surface area contributed by atoms with Crippen molar-refractivity contribution in [3.05, 3.63) is 95.7 Å². The number of benzene rings is 3. The van der Waals surface area contributed by atoms with E-state index in [0.29, 0.717) is 5.75 Å². The Labute approximate surface area is 154 Å². The highest BCUT2D eigenvalue weighted by atomic mass is 16.6. The summed E-state index contributed by atoms with van der Waals surface area (Å²) in [6.45, 7) is 4.09. The number of phenolic OH excluding ortho intramolecular Hbond substituents is 1. The maximum Gasteiger partial charge on any atom is 0.162 e. The lowest BCUT2D eigenvalue weighted by molar-refractivity contribution is 0.239. The predicted molar refractivity (Wildman–Crippen MR) is 108 cm³/mol. The summed E-state index contributed by atoms with van der Waals surface area (Å²) in [6, 6.07) is 22.6. The number of nitrogen functional groups attached to an aromatic ring is 1. The lowest BCUT2D eigenvalue weighted by atomic mass is 10.1. The lowest BCUT2D eigenvalue weighted by Crippen LogP contribution is -2.13. The summed E-state index contributed by atoms with van der Waals surface area (Å²) < 4.78 is 0. The second kappa shape index (κ2) is 9.79. The molecule has 0 amide bonds. The van der Waals surface area contributed by atoms with Crippen LogP contribution in [0.25, 0.3) is 6.08 Å². The van der Waals surface area contributed by atoms with Crippen molar-refractivity contribution in [2.75, 3.05) is 5.73 Å². The molecule has 3 aromatic carbocycles. The van der Waals surface area contributed by atoms with E-state index in [2.05, 4.69) is 11.5 Å². The van der Waals surface area contributed by atoms with Gasteiger partial charge in [0.15, 0.2) is 5.75 Å². The number of rotatable bonds is 0. The average molecular weight is 348 g/mol. The van der Waals surface area contributed by atoms with Gasteiger partial charge in [-0.1, -0.05) is 42.5 Å². The molecule has 0 saturated heterocycles. The number of phenols is 1. The van der Waals surface area contributed by atoms with E-state index in [1.54, 1.807) is 30.5 Å². The first kappa shape index (κ1) is 18.9. The van der Waals surface area contributed by atoms with Gasteiger partial charge < -0.3 is 15.7 Å². The molecule has 26 heavy (non-hydrogen) atoms. The number of aryl methyl sites for hydroxylation is 2. The van der Waals surface area contributed by atoms with Crippen LogP contribution in [0.15, 0.2) is 79.0 Å². The van der Waals surface area contributed by atoms with Gasteiger partial charge in [0.25, 0.3) is 0 Å². The zero-order chi connectivity index (χ0) is 18.8. The van der Waals surface area contributed by atoms with Crippen molar-refractivity contribution >= 4 is 11.8 Å². The van der Waals surface area contributed by atoms with Crippen LogP contribution in [-0.2, 0) is 0 Å². The number of hydrogen-bond acceptors (Lipinski definition) is 4. The third-order valence-electron chi connectivity index (χ3n) is 3.42. The van der Waals surface area contributed by atoms with Crippen LogP contribution in [0.1, 0.15) is 16.7 Å². The maximum atomic E-state index is 8.63. The van der Waals surface area contributed by atoms with Crippen molar-refractivity contribution < 1.29 is 9.94 Å². The smallest absolute Gasteiger partial charge is 0.162 e. The van der Waals surface area contributed by atoms with Gasteiger partial charge in [-0.3, -0.25) is 0 Å². The maximum absolute atomic E-state index is 8.63. The first-order valence-corrected chi connectivity index (χ1v) is 8.30. The third-order valence-corrected chi connectivity index (χ3v) is 3.42. The fraction of sp³-hybridized carbons (Fsp3) is 0.0909. The molecule has 4 heteroatoms.